The summed E-state index contributed by atoms with van der Waals surface area (Å²) in [5.74, 6) is 0.342. The highest BCUT2D eigenvalue weighted by Crippen LogP contribution is 2.37. The van der Waals surface area contributed by atoms with Gasteiger partial charge in [-0.25, -0.2) is 0 Å². The summed E-state index contributed by atoms with van der Waals surface area (Å²) in [6.45, 7) is 0. The molecule has 31 heavy (non-hydrogen) atoms. The van der Waals surface area contributed by atoms with Crippen LogP contribution in [0.5, 0.6) is 0 Å². The van der Waals surface area contributed by atoms with Crippen molar-refractivity contribution < 1.29 is 0 Å². The predicted octanol–water partition coefficient (Wildman–Crippen LogP) is 7.11. The van der Waals surface area contributed by atoms with Gasteiger partial charge in [0.2, 0.25) is 0 Å². The van der Waals surface area contributed by atoms with E-state index in [1.54, 1.807) is 0 Å². The first-order valence-electron chi connectivity index (χ1n) is 10.4. The van der Waals surface area contributed by atoms with Gasteiger partial charge in [-0.05, 0) is 56.8 Å². The fourth-order valence-corrected chi connectivity index (χ4v) is 4.61. The number of fused-ring (bicyclic) bond motifs is 2. The minimum absolute atomic E-state index is 0.342. The molecule has 0 aliphatic heterocycles. The Morgan fingerprint density at radius 3 is 2.35 bits per heavy atom. The highest BCUT2D eigenvalue weighted by Gasteiger charge is 2.18. The third kappa shape index (κ3) is 2.78. The Morgan fingerprint density at radius 2 is 1.48 bits per heavy atom. The zero-order valence-electron chi connectivity index (χ0n) is 17.2. The van der Waals surface area contributed by atoms with Gasteiger partial charge in [0.05, 0.1) is 5.69 Å². The standard InChI is InChI=1S/C28H21N3/c1-31(26-15-13-19-9-4-8-18-12-14-23(26)27(18)19)28(29)30-25-11-5-10-22-16-20-6-2-3-7-21(20)17-24(22)25/h2-17H,1H3,(H2,29,30). The molecule has 5 aromatic rings. The molecule has 1 aliphatic rings. The van der Waals surface area contributed by atoms with E-state index in [2.05, 4.69) is 90.3 Å². The van der Waals surface area contributed by atoms with E-state index in [1.807, 2.05) is 24.1 Å². The van der Waals surface area contributed by atoms with Crippen molar-refractivity contribution in [2.24, 2.45) is 0 Å². The minimum atomic E-state index is 0.342. The van der Waals surface area contributed by atoms with Gasteiger partial charge in [0, 0.05) is 23.7 Å². The van der Waals surface area contributed by atoms with Crippen molar-refractivity contribution in [3.05, 3.63) is 96.1 Å². The highest BCUT2D eigenvalue weighted by atomic mass is 15.3. The van der Waals surface area contributed by atoms with Gasteiger partial charge >= 0.3 is 0 Å². The number of nitrogens with one attached hydrogen (secondary N) is 2. The second-order valence-electron chi connectivity index (χ2n) is 8.04. The van der Waals surface area contributed by atoms with E-state index in [0.717, 1.165) is 22.1 Å². The SMILES string of the molecule is CN(C(=N)Nc1cccc2cc3ccccc3cc12)c1ccc2cccc3c2c1C=C3. The minimum Gasteiger partial charge on any atom is -0.326 e. The number of anilines is 2. The van der Waals surface area contributed by atoms with Gasteiger partial charge in [-0.2, -0.15) is 0 Å². The predicted molar refractivity (Wildman–Crippen MR) is 134 cm³/mol. The van der Waals surface area contributed by atoms with Crippen LogP contribution >= 0.6 is 0 Å². The van der Waals surface area contributed by atoms with Gasteiger partial charge in [-0.15, -0.1) is 0 Å². The molecule has 6 rings (SSSR count). The second-order valence-corrected chi connectivity index (χ2v) is 8.04. The number of guanidine groups is 1. The van der Waals surface area contributed by atoms with Gasteiger partial charge in [-0.3, -0.25) is 5.41 Å². The molecule has 0 bridgehead atoms. The van der Waals surface area contributed by atoms with E-state index in [1.165, 1.54) is 32.7 Å². The lowest BCUT2D eigenvalue weighted by Gasteiger charge is -2.24. The summed E-state index contributed by atoms with van der Waals surface area (Å²) in [5.41, 5.74) is 4.37. The summed E-state index contributed by atoms with van der Waals surface area (Å²) < 4.78 is 0. The maximum Gasteiger partial charge on any atom is 0.199 e. The summed E-state index contributed by atoms with van der Waals surface area (Å²) in [6, 6.07) is 29.6. The van der Waals surface area contributed by atoms with Crippen molar-refractivity contribution in [3.63, 3.8) is 0 Å². The number of nitrogens with zero attached hydrogens (tertiary/aromatic N) is 1. The van der Waals surface area contributed by atoms with Crippen molar-refractivity contribution in [2.75, 3.05) is 17.3 Å². The van der Waals surface area contributed by atoms with Crippen LogP contribution in [0.15, 0.2) is 84.9 Å². The molecule has 5 aromatic carbocycles. The van der Waals surface area contributed by atoms with Crippen molar-refractivity contribution >= 4 is 61.8 Å². The average Bonchev–Trinajstić information content (AvgIpc) is 3.24. The first kappa shape index (κ1) is 17.7. The van der Waals surface area contributed by atoms with Crippen molar-refractivity contribution in [1.29, 1.82) is 5.41 Å². The maximum absolute atomic E-state index is 8.80. The topological polar surface area (TPSA) is 39.1 Å². The lowest BCUT2D eigenvalue weighted by Crippen LogP contribution is -2.32. The van der Waals surface area contributed by atoms with Crippen LogP contribution < -0.4 is 10.2 Å². The lowest BCUT2D eigenvalue weighted by atomic mass is 10.0. The Morgan fingerprint density at radius 1 is 0.742 bits per heavy atom. The molecule has 0 amide bonds. The van der Waals surface area contributed by atoms with E-state index in [9.17, 15) is 0 Å². The Hall–Kier alpha value is -4.11. The molecular formula is C28H21N3. The van der Waals surface area contributed by atoms with Crippen LogP contribution in [0.3, 0.4) is 0 Å². The highest BCUT2D eigenvalue weighted by molar-refractivity contribution is 6.14. The molecule has 0 fully saturated rings. The number of hydrogen-bond acceptors (Lipinski definition) is 1. The molecule has 0 unspecified atom stereocenters. The van der Waals surface area contributed by atoms with Crippen molar-refractivity contribution in [2.45, 2.75) is 0 Å². The normalized spacial score (nSPS) is 12.0. The molecule has 0 heterocycles. The van der Waals surface area contributed by atoms with Gasteiger partial charge in [0.1, 0.15) is 0 Å². The Kier molecular flexibility index (Phi) is 3.84. The summed E-state index contributed by atoms with van der Waals surface area (Å²) in [6.07, 6.45) is 4.31. The molecule has 3 nitrogen and oxygen atoms in total. The van der Waals surface area contributed by atoms with Crippen LogP contribution in [0.1, 0.15) is 11.1 Å². The molecular weight excluding hydrogens is 378 g/mol. The molecule has 0 radical (unpaired) electrons. The molecule has 0 saturated carbocycles. The number of rotatable bonds is 2. The van der Waals surface area contributed by atoms with Crippen LogP contribution in [0.2, 0.25) is 0 Å². The van der Waals surface area contributed by atoms with Crippen LogP contribution in [-0.4, -0.2) is 13.0 Å². The molecule has 1 aliphatic carbocycles. The number of hydrogen-bond donors (Lipinski definition) is 2. The van der Waals surface area contributed by atoms with Crippen LogP contribution in [0.25, 0.3) is 44.5 Å². The largest absolute Gasteiger partial charge is 0.326 e. The average molecular weight is 399 g/mol. The first-order chi connectivity index (χ1) is 15.2. The Bertz CT molecular complexity index is 1550. The fourth-order valence-electron chi connectivity index (χ4n) is 4.61. The fraction of sp³-hybridized carbons (Fsp3) is 0.0357. The number of benzene rings is 5. The quantitative estimate of drug-likeness (QED) is 0.185. The summed E-state index contributed by atoms with van der Waals surface area (Å²) in [5, 5.41) is 19.3. The van der Waals surface area contributed by atoms with E-state index in [4.69, 9.17) is 5.41 Å². The van der Waals surface area contributed by atoms with Crippen LogP contribution in [0, 0.1) is 5.41 Å². The second kappa shape index (κ2) is 6.71. The summed E-state index contributed by atoms with van der Waals surface area (Å²) in [4.78, 5) is 1.92. The third-order valence-electron chi connectivity index (χ3n) is 6.22. The van der Waals surface area contributed by atoms with Crippen molar-refractivity contribution in [1.82, 2.24) is 0 Å². The first-order valence-corrected chi connectivity index (χ1v) is 10.4. The van der Waals surface area contributed by atoms with E-state index < -0.39 is 0 Å². The molecule has 2 N–H and O–H groups in total. The Labute approximate surface area is 180 Å². The third-order valence-corrected chi connectivity index (χ3v) is 6.22. The van der Waals surface area contributed by atoms with Gasteiger partial charge in [0.25, 0.3) is 0 Å². The van der Waals surface area contributed by atoms with Gasteiger partial charge < -0.3 is 10.2 Å². The van der Waals surface area contributed by atoms with Gasteiger partial charge in [0.15, 0.2) is 5.96 Å². The Balaban J connectivity index is 1.39. The van der Waals surface area contributed by atoms with Gasteiger partial charge in [-0.1, -0.05) is 72.8 Å². The van der Waals surface area contributed by atoms with E-state index >= 15 is 0 Å². The van der Waals surface area contributed by atoms with Crippen LogP contribution in [-0.2, 0) is 0 Å². The van der Waals surface area contributed by atoms with Crippen molar-refractivity contribution in [3.8, 4) is 0 Å². The smallest absolute Gasteiger partial charge is 0.199 e. The molecule has 0 aromatic heterocycles. The molecule has 0 spiro atoms. The monoisotopic (exact) mass is 399 g/mol. The molecule has 3 heteroatoms. The van der Waals surface area contributed by atoms with E-state index in [-0.39, 0.29) is 0 Å². The van der Waals surface area contributed by atoms with E-state index in [0.29, 0.717) is 5.96 Å². The molecule has 148 valence electrons. The molecule has 0 atom stereocenters. The maximum atomic E-state index is 8.80. The van der Waals surface area contributed by atoms with Crippen LogP contribution in [0.4, 0.5) is 11.4 Å². The summed E-state index contributed by atoms with van der Waals surface area (Å²) >= 11 is 0. The zero-order valence-corrected chi connectivity index (χ0v) is 17.2. The zero-order chi connectivity index (χ0) is 20.9. The summed E-state index contributed by atoms with van der Waals surface area (Å²) in [7, 11) is 1.95. The lowest BCUT2D eigenvalue weighted by molar-refractivity contribution is 1.22. The molecule has 0 saturated heterocycles.